The van der Waals surface area contributed by atoms with Crippen molar-refractivity contribution in [3.05, 3.63) is 0 Å². The molecule has 1 aromatic heterocycles. The van der Waals surface area contributed by atoms with Crippen molar-refractivity contribution in [1.82, 2.24) is 20.8 Å². The minimum absolute atomic E-state index is 0.0000168. The Morgan fingerprint density at radius 3 is 2.70 bits per heavy atom. The average Bonchev–Trinajstić information content (AvgIpc) is 2.89. The lowest BCUT2D eigenvalue weighted by molar-refractivity contribution is -0.120. The maximum atomic E-state index is 11.5. The molecule has 0 aliphatic rings. The fourth-order valence-electron chi connectivity index (χ4n) is 1.15. The monoisotopic (exact) mass is 334 g/mol. The maximum absolute atomic E-state index is 11.5. The summed E-state index contributed by atoms with van der Waals surface area (Å²) >= 11 is 4.12. The van der Waals surface area contributed by atoms with Gasteiger partial charge in [-0.05, 0) is 13.3 Å². The molecular weight excluding hydrogens is 316 g/mol. The van der Waals surface area contributed by atoms with Gasteiger partial charge in [-0.3, -0.25) is 9.59 Å². The number of hydrogen-bond donors (Lipinski definition) is 2. The van der Waals surface area contributed by atoms with E-state index in [2.05, 4.69) is 20.8 Å². The third kappa shape index (κ3) is 6.10. The standard InChI is InChI=1S/C11H18N4O2S3/c1-4-5-13-8(16)6-18-10-14-15-11(20-10)19-7(2)9(17)12-3/h7H,4-6H2,1-3H3,(H,12,17)(H,13,16). The molecule has 1 unspecified atom stereocenters. The van der Waals surface area contributed by atoms with Crippen LogP contribution in [0.15, 0.2) is 8.68 Å². The maximum Gasteiger partial charge on any atom is 0.233 e. The van der Waals surface area contributed by atoms with Crippen molar-refractivity contribution >= 4 is 46.7 Å². The van der Waals surface area contributed by atoms with Crippen LogP contribution in [0.25, 0.3) is 0 Å². The van der Waals surface area contributed by atoms with Gasteiger partial charge in [-0.15, -0.1) is 10.2 Å². The van der Waals surface area contributed by atoms with Gasteiger partial charge in [-0.25, -0.2) is 0 Å². The Morgan fingerprint density at radius 2 is 2.05 bits per heavy atom. The number of nitrogens with zero attached hydrogens (tertiary/aromatic N) is 2. The number of hydrogen-bond acceptors (Lipinski definition) is 7. The second-order valence-corrected chi connectivity index (χ2v) is 7.63. The number of carbonyl (C=O) groups is 2. The predicted octanol–water partition coefficient (Wildman–Crippen LogP) is 1.38. The first-order chi connectivity index (χ1) is 9.56. The van der Waals surface area contributed by atoms with E-state index in [1.807, 2.05) is 13.8 Å². The molecule has 0 saturated heterocycles. The molecule has 0 aliphatic heterocycles. The van der Waals surface area contributed by atoms with Crippen LogP contribution in [0.4, 0.5) is 0 Å². The molecule has 0 spiro atoms. The summed E-state index contributed by atoms with van der Waals surface area (Å²) in [4.78, 5) is 22.9. The second kappa shape index (κ2) is 9.19. The molecule has 2 N–H and O–H groups in total. The van der Waals surface area contributed by atoms with E-state index < -0.39 is 0 Å². The highest BCUT2D eigenvalue weighted by Crippen LogP contribution is 2.31. The van der Waals surface area contributed by atoms with Gasteiger partial charge in [-0.1, -0.05) is 41.8 Å². The Hall–Kier alpha value is -0.800. The first-order valence-electron chi connectivity index (χ1n) is 6.18. The van der Waals surface area contributed by atoms with Crippen molar-refractivity contribution in [2.45, 2.75) is 34.2 Å². The van der Waals surface area contributed by atoms with E-state index in [4.69, 9.17) is 0 Å². The molecule has 1 rings (SSSR count). The molecule has 0 fully saturated rings. The number of nitrogens with one attached hydrogen (secondary N) is 2. The van der Waals surface area contributed by atoms with Crippen LogP contribution >= 0.6 is 34.9 Å². The van der Waals surface area contributed by atoms with Gasteiger partial charge in [0, 0.05) is 13.6 Å². The average molecular weight is 334 g/mol. The van der Waals surface area contributed by atoms with E-state index >= 15 is 0 Å². The van der Waals surface area contributed by atoms with Gasteiger partial charge in [0.15, 0.2) is 8.68 Å². The van der Waals surface area contributed by atoms with Gasteiger partial charge in [0.25, 0.3) is 0 Å². The van der Waals surface area contributed by atoms with E-state index in [0.29, 0.717) is 12.3 Å². The summed E-state index contributed by atoms with van der Waals surface area (Å²) in [5.41, 5.74) is 0. The van der Waals surface area contributed by atoms with Crippen LogP contribution in [0.2, 0.25) is 0 Å². The summed E-state index contributed by atoms with van der Waals surface area (Å²) < 4.78 is 1.47. The third-order valence-electron chi connectivity index (χ3n) is 2.18. The van der Waals surface area contributed by atoms with E-state index in [1.165, 1.54) is 34.9 Å². The molecule has 0 saturated carbocycles. The summed E-state index contributed by atoms with van der Waals surface area (Å²) in [6.07, 6.45) is 0.924. The van der Waals surface area contributed by atoms with Gasteiger partial charge < -0.3 is 10.6 Å². The molecule has 6 nitrogen and oxygen atoms in total. The molecule has 2 amide bonds. The Balaban J connectivity index is 2.39. The van der Waals surface area contributed by atoms with Crippen molar-refractivity contribution in [3.8, 4) is 0 Å². The summed E-state index contributed by atoms with van der Waals surface area (Å²) in [5, 5.41) is 13.2. The topological polar surface area (TPSA) is 84.0 Å². The van der Waals surface area contributed by atoms with Gasteiger partial charge >= 0.3 is 0 Å². The van der Waals surface area contributed by atoms with Crippen molar-refractivity contribution in [3.63, 3.8) is 0 Å². The Bertz CT molecular complexity index is 453. The highest BCUT2D eigenvalue weighted by molar-refractivity contribution is 8.04. The van der Waals surface area contributed by atoms with Crippen LogP contribution in [0.3, 0.4) is 0 Å². The number of aromatic nitrogens is 2. The lowest BCUT2D eigenvalue weighted by Gasteiger charge is -2.05. The summed E-state index contributed by atoms with van der Waals surface area (Å²) in [6, 6.07) is 0. The quantitative estimate of drug-likeness (QED) is 0.699. The molecule has 1 heterocycles. The molecular formula is C11H18N4O2S3. The van der Waals surface area contributed by atoms with E-state index in [-0.39, 0.29) is 17.1 Å². The van der Waals surface area contributed by atoms with Crippen molar-refractivity contribution in [2.75, 3.05) is 19.3 Å². The predicted molar refractivity (Wildman–Crippen MR) is 83.3 cm³/mol. The highest BCUT2D eigenvalue weighted by Gasteiger charge is 2.16. The third-order valence-corrected chi connectivity index (χ3v) is 5.42. The zero-order valence-corrected chi connectivity index (χ0v) is 14.1. The van der Waals surface area contributed by atoms with Gasteiger partial charge in [0.1, 0.15) is 0 Å². The molecule has 0 bridgehead atoms. The van der Waals surface area contributed by atoms with Crippen LogP contribution in [-0.4, -0.2) is 46.6 Å². The van der Waals surface area contributed by atoms with Crippen LogP contribution in [0.1, 0.15) is 20.3 Å². The Morgan fingerprint density at radius 1 is 1.35 bits per heavy atom. The fourth-order valence-corrected chi connectivity index (χ4v) is 4.21. The van der Waals surface area contributed by atoms with Crippen LogP contribution < -0.4 is 10.6 Å². The lowest BCUT2D eigenvalue weighted by atomic mass is 10.4. The lowest BCUT2D eigenvalue weighted by Crippen LogP contribution is -2.27. The summed E-state index contributed by atoms with van der Waals surface area (Å²) in [5.74, 6) is 0.294. The van der Waals surface area contributed by atoms with Crippen molar-refractivity contribution in [2.24, 2.45) is 0 Å². The molecule has 20 heavy (non-hydrogen) atoms. The Labute approximate surface area is 130 Å². The number of carbonyl (C=O) groups excluding carboxylic acids is 2. The number of thioether (sulfide) groups is 2. The van der Waals surface area contributed by atoms with Crippen LogP contribution in [0.5, 0.6) is 0 Å². The van der Waals surface area contributed by atoms with Crippen molar-refractivity contribution in [1.29, 1.82) is 0 Å². The Kier molecular flexibility index (Phi) is 7.93. The first-order valence-corrected chi connectivity index (χ1v) is 8.86. The minimum atomic E-state index is -0.210. The SMILES string of the molecule is CCCNC(=O)CSc1nnc(SC(C)C(=O)NC)s1. The van der Waals surface area contributed by atoms with Crippen LogP contribution in [0, 0.1) is 0 Å². The van der Waals surface area contributed by atoms with E-state index in [9.17, 15) is 9.59 Å². The second-order valence-electron chi connectivity index (χ2n) is 3.85. The van der Waals surface area contributed by atoms with Crippen LogP contribution in [-0.2, 0) is 9.59 Å². The fraction of sp³-hybridized carbons (Fsp3) is 0.636. The molecule has 0 aliphatic carbocycles. The molecule has 9 heteroatoms. The number of amides is 2. The zero-order valence-electron chi connectivity index (χ0n) is 11.6. The molecule has 0 radical (unpaired) electrons. The normalized spacial score (nSPS) is 11.9. The molecule has 112 valence electrons. The largest absolute Gasteiger partial charge is 0.358 e. The zero-order chi connectivity index (χ0) is 15.0. The van der Waals surface area contributed by atoms with Gasteiger partial charge in [0.2, 0.25) is 11.8 Å². The summed E-state index contributed by atoms with van der Waals surface area (Å²) in [6.45, 7) is 4.52. The smallest absolute Gasteiger partial charge is 0.233 e. The van der Waals surface area contributed by atoms with Gasteiger partial charge in [0.05, 0.1) is 11.0 Å². The van der Waals surface area contributed by atoms with Gasteiger partial charge in [-0.2, -0.15) is 0 Å². The van der Waals surface area contributed by atoms with E-state index in [0.717, 1.165) is 15.1 Å². The summed E-state index contributed by atoms with van der Waals surface area (Å²) in [7, 11) is 1.61. The molecule has 1 aromatic rings. The number of rotatable bonds is 8. The first kappa shape index (κ1) is 17.3. The molecule has 0 aromatic carbocycles. The molecule has 1 atom stereocenters. The highest BCUT2D eigenvalue weighted by atomic mass is 32.2. The van der Waals surface area contributed by atoms with E-state index in [1.54, 1.807) is 7.05 Å². The minimum Gasteiger partial charge on any atom is -0.358 e. The van der Waals surface area contributed by atoms with Crippen molar-refractivity contribution < 1.29 is 9.59 Å².